The predicted molar refractivity (Wildman–Crippen MR) is 81.4 cm³/mol. The van der Waals surface area contributed by atoms with Crippen molar-refractivity contribution in [1.29, 1.82) is 0 Å². The van der Waals surface area contributed by atoms with Gasteiger partial charge in [-0.15, -0.1) is 0 Å². The number of nitrogens with zero attached hydrogens (tertiary/aromatic N) is 3. The minimum absolute atomic E-state index is 0.0117. The topological polar surface area (TPSA) is 66.7 Å². The number of carbonyl (C=O) groups is 1. The summed E-state index contributed by atoms with van der Waals surface area (Å²) >= 11 is 0. The number of hydrogen-bond donors (Lipinski definition) is 0. The van der Waals surface area contributed by atoms with E-state index in [1.54, 1.807) is 0 Å². The van der Waals surface area contributed by atoms with Gasteiger partial charge >= 0.3 is 0 Å². The third-order valence-electron chi connectivity index (χ3n) is 3.89. The number of carbonyl (C=O) groups excluding carboxylic acids is 1. The fourth-order valence-electron chi connectivity index (χ4n) is 2.77. The molecule has 0 aliphatic carbocycles. The smallest absolute Gasteiger partial charge is 0.272 e. The number of nitro benzene ring substituents is 1. The van der Waals surface area contributed by atoms with Gasteiger partial charge in [0, 0.05) is 38.2 Å². The summed E-state index contributed by atoms with van der Waals surface area (Å²) in [6.07, 6.45) is 1.33. The van der Waals surface area contributed by atoms with E-state index in [2.05, 4.69) is 0 Å². The second-order valence-corrected chi connectivity index (χ2v) is 5.52. The fourth-order valence-corrected chi connectivity index (χ4v) is 2.77. The lowest BCUT2D eigenvalue weighted by Gasteiger charge is -2.41. The maximum absolute atomic E-state index is 14.1. The Morgan fingerprint density at radius 1 is 1.45 bits per heavy atom. The predicted octanol–water partition coefficient (Wildman–Crippen LogP) is 2.57. The third-order valence-corrected chi connectivity index (χ3v) is 3.89. The summed E-state index contributed by atoms with van der Waals surface area (Å²) in [5.74, 6) is -0.478. The van der Waals surface area contributed by atoms with E-state index < -0.39 is 10.7 Å². The average Bonchev–Trinajstić information content (AvgIpc) is 2.47. The molecule has 22 heavy (non-hydrogen) atoms. The summed E-state index contributed by atoms with van der Waals surface area (Å²) in [6.45, 7) is 5.48. The number of anilines is 1. The number of amides is 1. The van der Waals surface area contributed by atoms with Crippen molar-refractivity contribution < 1.29 is 14.1 Å². The minimum atomic E-state index is -0.614. The highest BCUT2D eigenvalue weighted by Gasteiger charge is 2.28. The normalized spacial score (nSPS) is 18.4. The first-order chi connectivity index (χ1) is 10.4. The van der Waals surface area contributed by atoms with Crippen LogP contribution in [0.4, 0.5) is 15.8 Å². The van der Waals surface area contributed by atoms with E-state index in [1.165, 1.54) is 12.1 Å². The van der Waals surface area contributed by atoms with Crippen molar-refractivity contribution in [3.8, 4) is 0 Å². The first-order valence-corrected chi connectivity index (χ1v) is 7.42. The van der Waals surface area contributed by atoms with Gasteiger partial charge in [0.2, 0.25) is 5.91 Å². The Hall–Kier alpha value is -2.18. The molecule has 0 bridgehead atoms. The van der Waals surface area contributed by atoms with Crippen molar-refractivity contribution >= 4 is 17.3 Å². The Kier molecular flexibility index (Phi) is 4.95. The quantitative estimate of drug-likeness (QED) is 0.633. The molecule has 1 aliphatic rings. The highest BCUT2D eigenvalue weighted by molar-refractivity contribution is 5.76. The van der Waals surface area contributed by atoms with Gasteiger partial charge in [-0.2, -0.15) is 0 Å². The molecule has 1 saturated heterocycles. The second-order valence-electron chi connectivity index (χ2n) is 5.52. The van der Waals surface area contributed by atoms with Crippen LogP contribution < -0.4 is 4.90 Å². The van der Waals surface area contributed by atoms with E-state index in [-0.39, 0.29) is 17.6 Å². The third kappa shape index (κ3) is 3.35. The van der Waals surface area contributed by atoms with E-state index in [0.717, 1.165) is 12.5 Å². The maximum Gasteiger partial charge on any atom is 0.272 e. The Bertz CT molecular complexity index is 579. The van der Waals surface area contributed by atoms with Gasteiger partial charge < -0.3 is 9.80 Å². The maximum atomic E-state index is 14.1. The molecule has 1 heterocycles. The molecule has 1 aromatic carbocycles. The van der Waals surface area contributed by atoms with Gasteiger partial charge in [-0.3, -0.25) is 14.9 Å². The number of halogens is 1. The SMILES string of the molecule is CCCC(=O)N1CCN(c2ccc([N+](=O)[O-])cc2F)CC1C. The first-order valence-electron chi connectivity index (χ1n) is 7.42. The summed E-state index contributed by atoms with van der Waals surface area (Å²) in [5, 5.41) is 10.7. The van der Waals surface area contributed by atoms with Gasteiger partial charge in [-0.05, 0) is 19.4 Å². The molecule has 1 aromatic rings. The number of non-ortho nitro benzene ring substituents is 1. The van der Waals surface area contributed by atoms with Crippen LogP contribution in [-0.2, 0) is 4.79 Å². The van der Waals surface area contributed by atoms with Gasteiger partial charge in [-0.25, -0.2) is 4.39 Å². The zero-order chi connectivity index (χ0) is 16.3. The molecule has 0 radical (unpaired) electrons. The molecule has 0 N–H and O–H groups in total. The van der Waals surface area contributed by atoms with Crippen molar-refractivity contribution in [3.63, 3.8) is 0 Å². The van der Waals surface area contributed by atoms with Crippen molar-refractivity contribution in [3.05, 3.63) is 34.1 Å². The number of piperazine rings is 1. The molecule has 6 nitrogen and oxygen atoms in total. The van der Waals surface area contributed by atoms with Crippen LogP contribution in [0.15, 0.2) is 18.2 Å². The molecule has 0 aromatic heterocycles. The standard InChI is InChI=1S/C15H20FN3O3/c1-3-4-15(20)18-8-7-17(10-11(18)2)14-6-5-12(19(21)22)9-13(14)16/h5-6,9,11H,3-4,7-8,10H2,1-2H3. The Balaban J connectivity index is 2.10. The number of nitro groups is 1. The van der Waals surface area contributed by atoms with Crippen LogP contribution >= 0.6 is 0 Å². The number of rotatable bonds is 4. The Morgan fingerprint density at radius 2 is 2.18 bits per heavy atom. The van der Waals surface area contributed by atoms with E-state index >= 15 is 0 Å². The lowest BCUT2D eigenvalue weighted by Crippen LogP contribution is -2.54. The van der Waals surface area contributed by atoms with E-state index in [1.807, 2.05) is 23.6 Å². The molecule has 7 heteroatoms. The van der Waals surface area contributed by atoms with Gasteiger partial charge in [0.05, 0.1) is 16.7 Å². The zero-order valence-corrected chi connectivity index (χ0v) is 12.8. The molecule has 1 atom stereocenters. The Morgan fingerprint density at radius 3 is 2.73 bits per heavy atom. The highest BCUT2D eigenvalue weighted by Crippen LogP contribution is 2.26. The fraction of sp³-hybridized carbons (Fsp3) is 0.533. The van der Waals surface area contributed by atoms with Gasteiger partial charge in [0.25, 0.3) is 5.69 Å². The van der Waals surface area contributed by atoms with Crippen LogP contribution in [0.5, 0.6) is 0 Å². The molecule has 0 saturated carbocycles. The number of hydrogen-bond acceptors (Lipinski definition) is 4. The molecule has 1 unspecified atom stereocenters. The van der Waals surface area contributed by atoms with E-state index in [9.17, 15) is 19.3 Å². The van der Waals surface area contributed by atoms with Gasteiger partial charge in [-0.1, -0.05) is 6.92 Å². The summed E-state index contributed by atoms with van der Waals surface area (Å²) in [4.78, 5) is 25.7. The zero-order valence-electron chi connectivity index (χ0n) is 12.8. The van der Waals surface area contributed by atoms with Crippen molar-refractivity contribution in [1.82, 2.24) is 4.90 Å². The lowest BCUT2D eigenvalue weighted by molar-refractivity contribution is -0.385. The molecular weight excluding hydrogens is 289 g/mol. The molecular formula is C15H20FN3O3. The second kappa shape index (κ2) is 6.72. The van der Waals surface area contributed by atoms with Crippen LogP contribution in [0.2, 0.25) is 0 Å². The monoisotopic (exact) mass is 309 g/mol. The van der Waals surface area contributed by atoms with Crippen molar-refractivity contribution in [2.24, 2.45) is 0 Å². The van der Waals surface area contributed by atoms with Crippen molar-refractivity contribution in [2.75, 3.05) is 24.5 Å². The van der Waals surface area contributed by atoms with Gasteiger partial charge in [0.15, 0.2) is 5.82 Å². The molecule has 2 rings (SSSR count). The lowest BCUT2D eigenvalue weighted by atomic mass is 10.1. The molecule has 1 fully saturated rings. The number of benzene rings is 1. The van der Waals surface area contributed by atoms with Crippen LogP contribution in [-0.4, -0.2) is 41.4 Å². The molecule has 1 amide bonds. The first kappa shape index (κ1) is 16.2. The Labute approximate surface area is 128 Å². The van der Waals surface area contributed by atoms with E-state index in [4.69, 9.17) is 0 Å². The van der Waals surface area contributed by atoms with Crippen LogP contribution in [0.25, 0.3) is 0 Å². The van der Waals surface area contributed by atoms with Crippen LogP contribution in [0.1, 0.15) is 26.7 Å². The summed E-state index contributed by atoms with van der Waals surface area (Å²) in [5.41, 5.74) is 0.0890. The minimum Gasteiger partial charge on any atom is -0.365 e. The summed E-state index contributed by atoms with van der Waals surface area (Å²) in [6, 6.07) is 3.66. The molecule has 1 aliphatic heterocycles. The summed E-state index contributed by atoms with van der Waals surface area (Å²) in [7, 11) is 0. The molecule has 0 spiro atoms. The summed E-state index contributed by atoms with van der Waals surface area (Å²) < 4.78 is 14.1. The van der Waals surface area contributed by atoms with Crippen LogP contribution in [0, 0.1) is 15.9 Å². The largest absolute Gasteiger partial charge is 0.365 e. The highest BCUT2D eigenvalue weighted by atomic mass is 19.1. The molecule has 120 valence electrons. The average molecular weight is 309 g/mol. The van der Waals surface area contributed by atoms with Gasteiger partial charge in [0.1, 0.15) is 0 Å². The van der Waals surface area contributed by atoms with Crippen LogP contribution in [0.3, 0.4) is 0 Å². The van der Waals surface area contributed by atoms with Crippen molar-refractivity contribution in [2.45, 2.75) is 32.7 Å². The van der Waals surface area contributed by atoms with E-state index in [0.29, 0.717) is 31.7 Å².